The minimum atomic E-state index is 0.319. The van der Waals surface area contributed by atoms with Crippen LogP contribution in [0.2, 0.25) is 5.02 Å². The van der Waals surface area contributed by atoms with Crippen molar-refractivity contribution in [1.82, 2.24) is 4.90 Å². The zero-order valence-electron chi connectivity index (χ0n) is 18.5. The first-order chi connectivity index (χ1) is 16.2. The van der Waals surface area contributed by atoms with Gasteiger partial charge in [-0.2, -0.15) is 0 Å². The second-order valence-corrected chi connectivity index (χ2v) is 9.35. The molecule has 3 aliphatic heterocycles. The van der Waals surface area contributed by atoms with Crippen molar-refractivity contribution in [2.75, 3.05) is 31.3 Å². The predicted molar refractivity (Wildman–Crippen MR) is 130 cm³/mol. The van der Waals surface area contributed by atoms with E-state index in [4.69, 9.17) is 25.8 Å². The van der Waals surface area contributed by atoms with Crippen molar-refractivity contribution in [3.8, 4) is 17.2 Å². The standard InChI is InChI=1S/C27H27ClN2O3/c28-21-9-8-20-17-31-25-6-2-1-5-23(25)30(24(20)15-21)16-22-4-3-12-29(22)13-11-19-7-10-26-27(14-19)33-18-32-26/h1-2,5-10,14-15,22H,3-4,11-13,16-18H2. The molecule has 0 aliphatic carbocycles. The molecule has 3 aromatic carbocycles. The molecular formula is C27H27ClN2O3. The maximum atomic E-state index is 6.43. The van der Waals surface area contributed by atoms with Gasteiger partial charge in [0.15, 0.2) is 11.5 Å². The van der Waals surface area contributed by atoms with E-state index in [9.17, 15) is 0 Å². The molecule has 1 unspecified atom stereocenters. The molecule has 1 fully saturated rings. The van der Waals surface area contributed by atoms with Crippen LogP contribution < -0.4 is 19.1 Å². The first-order valence-electron chi connectivity index (χ1n) is 11.6. The molecule has 0 N–H and O–H groups in total. The van der Waals surface area contributed by atoms with Gasteiger partial charge in [0.25, 0.3) is 0 Å². The first-order valence-corrected chi connectivity index (χ1v) is 12.0. The third kappa shape index (κ3) is 4.11. The molecule has 3 heterocycles. The van der Waals surface area contributed by atoms with Crippen LogP contribution in [0.5, 0.6) is 17.2 Å². The summed E-state index contributed by atoms with van der Waals surface area (Å²) in [6, 6.07) is 21.2. The van der Waals surface area contributed by atoms with Gasteiger partial charge in [0, 0.05) is 35.4 Å². The highest BCUT2D eigenvalue weighted by molar-refractivity contribution is 6.30. The summed E-state index contributed by atoms with van der Waals surface area (Å²) in [7, 11) is 0. The zero-order valence-corrected chi connectivity index (χ0v) is 19.3. The number of nitrogens with zero attached hydrogens (tertiary/aromatic N) is 2. The Kier molecular flexibility index (Phi) is 5.52. The average molecular weight is 463 g/mol. The monoisotopic (exact) mass is 462 g/mol. The van der Waals surface area contributed by atoms with Gasteiger partial charge in [-0.15, -0.1) is 0 Å². The van der Waals surface area contributed by atoms with Gasteiger partial charge in [0.2, 0.25) is 6.79 Å². The Morgan fingerprint density at radius 2 is 1.79 bits per heavy atom. The van der Waals surface area contributed by atoms with Gasteiger partial charge in [0.1, 0.15) is 12.4 Å². The number of para-hydroxylation sites is 2. The number of ether oxygens (including phenoxy) is 3. The van der Waals surface area contributed by atoms with Crippen LogP contribution in [0.1, 0.15) is 24.0 Å². The second-order valence-electron chi connectivity index (χ2n) is 8.91. The Morgan fingerprint density at radius 1 is 0.879 bits per heavy atom. The fraction of sp³-hybridized carbons (Fsp3) is 0.333. The van der Waals surface area contributed by atoms with Crippen LogP contribution in [0.4, 0.5) is 11.4 Å². The Hall–Kier alpha value is -2.89. The largest absolute Gasteiger partial charge is 0.487 e. The molecule has 0 aromatic heterocycles. The maximum Gasteiger partial charge on any atom is 0.231 e. The zero-order chi connectivity index (χ0) is 22.2. The highest BCUT2D eigenvalue weighted by Crippen LogP contribution is 2.41. The molecule has 0 spiro atoms. The van der Waals surface area contributed by atoms with Crippen LogP contribution >= 0.6 is 11.6 Å². The summed E-state index contributed by atoms with van der Waals surface area (Å²) in [5.74, 6) is 2.63. The number of halogens is 1. The van der Waals surface area contributed by atoms with Crippen LogP contribution in [0.25, 0.3) is 0 Å². The van der Waals surface area contributed by atoms with E-state index in [0.29, 0.717) is 19.4 Å². The summed E-state index contributed by atoms with van der Waals surface area (Å²) in [5.41, 5.74) is 4.72. The number of hydrogen-bond donors (Lipinski definition) is 0. The molecule has 6 heteroatoms. The van der Waals surface area contributed by atoms with E-state index in [2.05, 4.69) is 52.3 Å². The maximum absolute atomic E-state index is 6.43. The van der Waals surface area contributed by atoms with Crippen molar-refractivity contribution in [2.45, 2.75) is 31.9 Å². The Balaban J connectivity index is 1.23. The number of benzene rings is 3. The summed E-state index contributed by atoms with van der Waals surface area (Å²) in [4.78, 5) is 5.04. The van der Waals surface area contributed by atoms with Gasteiger partial charge in [-0.1, -0.05) is 35.9 Å². The van der Waals surface area contributed by atoms with E-state index in [1.165, 1.54) is 24.0 Å². The van der Waals surface area contributed by atoms with E-state index in [-0.39, 0.29) is 0 Å². The highest BCUT2D eigenvalue weighted by Gasteiger charge is 2.30. The minimum absolute atomic E-state index is 0.319. The fourth-order valence-electron chi connectivity index (χ4n) is 5.17. The highest BCUT2D eigenvalue weighted by atomic mass is 35.5. The van der Waals surface area contributed by atoms with Crippen molar-refractivity contribution in [1.29, 1.82) is 0 Å². The topological polar surface area (TPSA) is 34.2 Å². The van der Waals surface area contributed by atoms with Gasteiger partial charge in [0.05, 0.1) is 5.69 Å². The van der Waals surface area contributed by atoms with E-state index < -0.39 is 0 Å². The van der Waals surface area contributed by atoms with Crippen molar-refractivity contribution in [3.63, 3.8) is 0 Å². The molecule has 3 aromatic rings. The molecule has 5 nitrogen and oxygen atoms in total. The molecule has 1 saturated heterocycles. The van der Waals surface area contributed by atoms with E-state index in [1.807, 2.05) is 18.2 Å². The normalized spacial score (nSPS) is 19.1. The van der Waals surface area contributed by atoms with Crippen LogP contribution in [0.15, 0.2) is 60.7 Å². The summed E-state index contributed by atoms with van der Waals surface area (Å²) in [6.45, 7) is 3.94. The third-order valence-corrected chi connectivity index (χ3v) is 7.13. The lowest BCUT2D eigenvalue weighted by Crippen LogP contribution is -2.39. The smallest absolute Gasteiger partial charge is 0.231 e. The molecule has 6 rings (SSSR count). The molecule has 0 saturated carbocycles. The summed E-state index contributed by atoms with van der Waals surface area (Å²) in [5, 5.41) is 0.754. The molecule has 0 amide bonds. The van der Waals surface area contributed by atoms with Crippen LogP contribution in [-0.2, 0) is 13.0 Å². The van der Waals surface area contributed by atoms with Gasteiger partial charge in [-0.25, -0.2) is 0 Å². The van der Waals surface area contributed by atoms with Crippen molar-refractivity contribution in [2.24, 2.45) is 0 Å². The molecular weight excluding hydrogens is 436 g/mol. The molecule has 1 atom stereocenters. The lowest BCUT2D eigenvalue weighted by atomic mass is 10.1. The Labute approximate surface area is 199 Å². The van der Waals surface area contributed by atoms with E-state index >= 15 is 0 Å². The van der Waals surface area contributed by atoms with Crippen molar-refractivity contribution >= 4 is 23.0 Å². The summed E-state index contributed by atoms with van der Waals surface area (Å²) >= 11 is 6.43. The van der Waals surface area contributed by atoms with Crippen LogP contribution in [0, 0.1) is 0 Å². The molecule has 0 bridgehead atoms. The molecule has 0 radical (unpaired) electrons. The Bertz CT molecular complexity index is 1170. The minimum Gasteiger partial charge on any atom is -0.487 e. The average Bonchev–Trinajstić information content (AvgIpc) is 3.46. The summed E-state index contributed by atoms with van der Waals surface area (Å²) in [6.07, 6.45) is 3.41. The van der Waals surface area contributed by atoms with Crippen molar-refractivity contribution < 1.29 is 14.2 Å². The van der Waals surface area contributed by atoms with Gasteiger partial charge < -0.3 is 19.1 Å². The van der Waals surface area contributed by atoms with Gasteiger partial charge >= 0.3 is 0 Å². The van der Waals surface area contributed by atoms with Crippen molar-refractivity contribution in [3.05, 3.63) is 76.8 Å². The van der Waals surface area contributed by atoms with Gasteiger partial charge in [-0.05, 0) is 67.8 Å². The number of hydrogen-bond acceptors (Lipinski definition) is 5. The number of likely N-dealkylation sites (tertiary alicyclic amines) is 1. The number of fused-ring (bicyclic) bond motifs is 3. The quantitative estimate of drug-likeness (QED) is 0.478. The predicted octanol–water partition coefficient (Wildman–Crippen LogP) is 5.81. The van der Waals surface area contributed by atoms with Crippen LogP contribution in [-0.4, -0.2) is 37.4 Å². The second kappa shape index (κ2) is 8.81. The number of rotatable bonds is 5. The SMILES string of the molecule is Clc1ccc2c(c1)N(CC1CCCN1CCc1ccc3c(c1)OCO3)c1ccccc1OC2. The molecule has 33 heavy (non-hydrogen) atoms. The van der Waals surface area contributed by atoms with Gasteiger partial charge in [-0.3, -0.25) is 4.90 Å². The summed E-state index contributed by atoms with van der Waals surface area (Å²) < 4.78 is 17.2. The van der Waals surface area contributed by atoms with E-state index in [1.54, 1.807) is 0 Å². The lowest BCUT2D eigenvalue weighted by Gasteiger charge is -2.33. The third-order valence-electron chi connectivity index (χ3n) is 6.89. The molecule has 170 valence electrons. The Morgan fingerprint density at radius 3 is 2.76 bits per heavy atom. The lowest BCUT2D eigenvalue weighted by molar-refractivity contribution is 0.174. The van der Waals surface area contributed by atoms with Crippen LogP contribution in [0.3, 0.4) is 0 Å². The molecule has 3 aliphatic rings. The number of anilines is 2. The fourth-order valence-corrected chi connectivity index (χ4v) is 5.34. The first kappa shape index (κ1) is 20.7. The van der Waals surface area contributed by atoms with E-state index in [0.717, 1.165) is 59.7 Å².